The lowest BCUT2D eigenvalue weighted by molar-refractivity contribution is -0.121. The molecule has 0 N–H and O–H groups in total. The van der Waals surface area contributed by atoms with Crippen LogP contribution in [0.25, 0.3) is 0 Å². The highest BCUT2D eigenvalue weighted by Gasteiger charge is 2.30. The van der Waals surface area contributed by atoms with Crippen LogP contribution in [0.3, 0.4) is 0 Å². The molecule has 1 aliphatic carbocycles. The molecule has 0 saturated heterocycles. The number of rotatable bonds is 0. The average Bonchev–Trinajstić information content (AvgIpc) is 1.86. The third-order valence-corrected chi connectivity index (χ3v) is 2.29. The number of carbonyl (C=O) groups excluding carboxylic acids is 1. The van der Waals surface area contributed by atoms with Gasteiger partial charge in [-0.1, -0.05) is 26.8 Å². The van der Waals surface area contributed by atoms with E-state index in [1.807, 2.05) is 6.08 Å². The van der Waals surface area contributed by atoms with Gasteiger partial charge < -0.3 is 0 Å². The summed E-state index contributed by atoms with van der Waals surface area (Å²) in [5.74, 6) is 0.552. The summed E-state index contributed by atoms with van der Waals surface area (Å²) in [6.07, 6.45) is 5.80. The molecule has 62 valence electrons. The first kappa shape index (κ1) is 8.51. The van der Waals surface area contributed by atoms with Gasteiger partial charge in [-0.2, -0.15) is 0 Å². The van der Waals surface area contributed by atoms with Crippen LogP contribution in [0.15, 0.2) is 12.2 Å². The summed E-state index contributed by atoms with van der Waals surface area (Å²) in [6, 6.07) is 0. The van der Waals surface area contributed by atoms with Crippen molar-refractivity contribution in [3.8, 4) is 0 Å². The van der Waals surface area contributed by atoms with Crippen LogP contribution in [-0.4, -0.2) is 5.78 Å². The SMILES string of the molecule is CC(C)(C)[C@@H]1CCC=CC1=O. The standard InChI is InChI=1S/C10H16O/c1-10(2,3)8-6-4-5-7-9(8)11/h5,7-8H,4,6H2,1-3H3/t8-/m1/s1. The maximum atomic E-state index is 11.4. The van der Waals surface area contributed by atoms with Crippen LogP contribution in [0.2, 0.25) is 0 Å². The summed E-state index contributed by atoms with van der Waals surface area (Å²) in [5, 5.41) is 0. The van der Waals surface area contributed by atoms with Crippen LogP contribution >= 0.6 is 0 Å². The van der Waals surface area contributed by atoms with E-state index in [0.29, 0.717) is 5.78 Å². The molecule has 1 atom stereocenters. The van der Waals surface area contributed by atoms with Crippen LogP contribution in [0.1, 0.15) is 33.6 Å². The minimum atomic E-state index is 0.141. The minimum absolute atomic E-state index is 0.141. The predicted octanol–water partition coefficient (Wildman–Crippen LogP) is 2.57. The molecule has 0 heterocycles. The fraction of sp³-hybridized carbons (Fsp3) is 0.700. The fourth-order valence-corrected chi connectivity index (χ4v) is 1.58. The Kier molecular flexibility index (Phi) is 2.17. The summed E-state index contributed by atoms with van der Waals surface area (Å²) in [4.78, 5) is 11.4. The molecule has 11 heavy (non-hydrogen) atoms. The second-order valence-corrected chi connectivity index (χ2v) is 4.30. The van der Waals surface area contributed by atoms with Crippen molar-refractivity contribution in [1.29, 1.82) is 0 Å². The van der Waals surface area contributed by atoms with Gasteiger partial charge in [0.2, 0.25) is 0 Å². The maximum absolute atomic E-state index is 11.4. The molecule has 0 bridgehead atoms. The Morgan fingerprint density at radius 2 is 2.09 bits per heavy atom. The molecule has 1 nitrogen and oxygen atoms in total. The smallest absolute Gasteiger partial charge is 0.158 e. The molecule has 0 aromatic carbocycles. The Balaban J connectivity index is 2.74. The Labute approximate surface area is 68.5 Å². The Bertz CT molecular complexity index is 184. The number of ketones is 1. The maximum Gasteiger partial charge on any atom is 0.158 e. The molecular weight excluding hydrogens is 136 g/mol. The first-order valence-corrected chi connectivity index (χ1v) is 4.22. The van der Waals surface area contributed by atoms with E-state index in [1.54, 1.807) is 6.08 Å². The molecular formula is C10H16O. The third kappa shape index (κ3) is 1.92. The van der Waals surface area contributed by atoms with Crippen molar-refractivity contribution in [3.05, 3.63) is 12.2 Å². The topological polar surface area (TPSA) is 17.1 Å². The number of carbonyl (C=O) groups is 1. The first-order chi connectivity index (χ1) is 5.02. The van der Waals surface area contributed by atoms with Crippen molar-refractivity contribution >= 4 is 5.78 Å². The molecule has 0 unspecified atom stereocenters. The van der Waals surface area contributed by atoms with E-state index in [9.17, 15) is 4.79 Å². The molecule has 0 saturated carbocycles. The van der Waals surface area contributed by atoms with Gasteiger partial charge >= 0.3 is 0 Å². The second-order valence-electron chi connectivity index (χ2n) is 4.30. The van der Waals surface area contributed by atoms with Crippen molar-refractivity contribution < 1.29 is 4.79 Å². The Morgan fingerprint density at radius 1 is 1.45 bits per heavy atom. The van der Waals surface area contributed by atoms with Gasteiger partial charge in [0.15, 0.2) is 5.78 Å². The van der Waals surface area contributed by atoms with E-state index in [4.69, 9.17) is 0 Å². The summed E-state index contributed by atoms with van der Waals surface area (Å²) in [5.41, 5.74) is 0.141. The molecule has 1 rings (SSSR count). The van der Waals surface area contributed by atoms with Crippen LogP contribution in [0, 0.1) is 11.3 Å². The van der Waals surface area contributed by atoms with Gasteiger partial charge in [0.25, 0.3) is 0 Å². The Morgan fingerprint density at radius 3 is 2.45 bits per heavy atom. The van der Waals surface area contributed by atoms with Gasteiger partial charge in [-0.3, -0.25) is 4.79 Å². The van der Waals surface area contributed by atoms with Gasteiger partial charge in [-0.05, 0) is 24.3 Å². The molecule has 0 spiro atoms. The molecule has 0 aromatic heterocycles. The van der Waals surface area contributed by atoms with Gasteiger partial charge in [-0.25, -0.2) is 0 Å². The lowest BCUT2D eigenvalue weighted by Crippen LogP contribution is -2.28. The van der Waals surface area contributed by atoms with Crippen molar-refractivity contribution in [2.45, 2.75) is 33.6 Å². The van der Waals surface area contributed by atoms with E-state index < -0.39 is 0 Å². The molecule has 0 radical (unpaired) electrons. The largest absolute Gasteiger partial charge is 0.295 e. The molecule has 0 amide bonds. The summed E-state index contributed by atoms with van der Waals surface area (Å²) in [6.45, 7) is 6.40. The van der Waals surface area contributed by atoms with Gasteiger partial charge in [0, 0.05) is 5.92 Å². The average molecular weight is 152 g/mol. The quantitative estimate of drug-likeness (QED) is 0.521. The van der Waals surface area contributed by atoms with Crippen molar-refractivity contribution in [1.82, 2.24) is 0 Å². The monoisotopic (exact) mass is 152 g/mol. The van der Waals surface area contributed by atoms with E-state index in [2.05, 4.69) is 20.8 Å². The normalized spacial score (nSPS) is 25.7. The molecule has 0 aliphatic heterocycles. The summed E-state index contributed by atoms with van der Waals surface area (Å²) in [7, 11) is 0. The van der Waals surface area contributed by atoms with E-state index in [0.717, 1.165) is 12.8 Å². The molecule has 1 aliphatic rings. The first-order valence-electron chi connectivity index (χ1n) is 4.22. The van der Waals surface area contributed by atoms with Crippen LogP contribution in [0.5, 0.6) is 0 Å². The zero-order valence-corrected chi connectivity index (χ0v) is 7.55. The van der Waals surface area contributed by atoms with Crippen molar-refractivity contribution in [2.24, 2.45) is 11.3 Å². The minimum Gasteiger partial charge on any atom is -0.295 e. The summed E-state index contributed by atoms with van der Waals surface area (Å²) < 4.78 is 0. The highest BCUT2D eigenvalue weighted by Crippen LogP contribution is 2.32. The van der Waals surface area contributed by atoms with Gasteiger partial charge in [0.05, 0.1) is 0 Å². The van der Waals surface area contributed by atoms with E-state index in [1.165, 1.54) is 0 Å². The zero-order chi connectivity index (χ0) is 8.48. The van der Waals surface area contributed by atoms with Crippen LogP contribution in [0.4, 0.5) is 0 Å². The third-order valence-electron chi connectivity index (χ3n) is 2.29. The second kappa shape index (κ2) is 2.80. The van der Waals surface area contributed by atoms with Gasteiger partial charge in [0.1, 0.15) is 0 Å². The van der Waals surface area contributed by atoms with Crippen molar-refractivity contribution in [2.75, 3.05) is 0 Å². The molecule has 0 aromatic rings. The fourth-order valence-electron chi connectivity index (χ4n) is 1.58. The van der Waals surface area contributed by atoms with Crippen molar-refractivity contribution in [3.63, 3.8) is 0 Å². The highest BCUT2D eigenvalue weighted by molar-refractivity contribution is 5.92. The number of hydrogen-bond donors (Lipinski definition) is 0. The van der Waals surface area contributed by atoms with E-state index >= 15 is 0 Å². The number of allylic oxidation sites excluding steroid dienone is 2. The zero-order valence-electron chi connectivity index (χ0n) is 7.55. The van der Waals surface area contributed by atoms with E-state index in [-0.39, 0.29) is 11.3 Å². The van der Waals surface area contributed by atoms with Crippen LogP contribution < -0.4 is 0 Å². The molecule has 0 fully saturated rings. The lowest BCUT2D eigenvalue weighted by atomic mass is 9.74. The van der Waals surface area contributed by atoms with Gasteiger partial charge in [-0.15, -0.1) is 0 Å². The Hall–Kier alpha value is -0.590. The van der Waals surface area contributed by atoms with Crippen LogP contribution in [-0.2, 0) is 4.79 Å². The number of hydrogen-bond acceptors (Lipinski definition) is 1. The molecule has 1 heteroatoms. The summed E-state index contributed by atoms with van der Waals surface area (Å²) >= 11 is 0. The predicted molar refractivity (Wildman–Crippen MR) is 46.3 cm³/mol. The highest BCUT2D eigenvalue weighted by atomic mass is 16.1. The lowest BCUT2D eigenvalue weighted by Gasteiger charge is -2.29.